The fraction of sp³-hybridized carbons (Fsp3) is 0. The van der Waals surface area contributed by atoms with Gasteiger partial charge in [-0.15, -0.1) is 0 Å². The summed E-state index contributed by atoms with van der Waals surface area (Å²) in [6, 6.07) is 51.6. The molecular formula is C44H24N2O. The maximum Gasteiger partial charge on any atom is 0.135 e. The van der Waals surface area contributed by atoms with Crippen molar-refractivity contribution in [2.75, 3.05) is 0 Å². The van der Waals surface area contributed by atoms with Gasteiger partial charge in [0.15, 0.2) is 0 Å². The number of benzene rings is 8. The summed E-state index contributed by atoms with van der Waals surface area (Å²) in [6.07, 6.45) is 1.86. The van der Waals surface area contributed by atoms with Crippen molar-refractivity contribution < 1.29 is 4.42 Å². The van der Waals surface area contributed by atoms with Gasteiger partial charge in [0.2, 0.25) is 0 Å². The van der Waals surface area contributed by atoms with E-state index < -0.39 is 0 Å². The number of furan rings is 1. The van der Waals surface area contributed by atoms with E-state index in [1.54, 1.807) is 6.07 Å². The van der Waals surface area contributed by atoms with Gasteiger partial charge < -0.3 is 4.42 Å². The Labute approximate surface area is 269 Å². The second-order valence-electron chi connectivity index (χ2n) is 12.2. The van der Waals surface area contributed by atoms with Gasteiger partial charge in [-0.1, -0.05) is 103 Å². The molecule has 2 aromatic heterocycles. The lowest BCUT2D eigenvalue weighted by molar-refractivity contribution is 0.669. The highest BCUT2D eigenvalue weighted by molar-refractivity contribution is 6.27. The molecule has 0 amide bonds. The first-order chi connectivity index (χ1) is 23.2. The lowest BCUT2D eigenvalue weighted by atomic mass is 9.87. The predicted octanol–water partition coefficient (Wildman–Crippen LogP) is 11.9. The topological polar surface area (TPSA) is 49.8 Å². The molecule has 0 saturated carbocycles. The Bertz CT molecular complexity index is 2900. The van der Waals surface area contributed by atoms with Crippen molar-refractivity contribution in [2.45, 2.75) is 0 Å². The molecule has 0 aliphatic carbocycles. The summed E-state index contributed by atoms with van der Waals surface area (Å²) in [7, 11) is 0. The molecule has 8 aromatic carbocycles. The standard InChI is InChI=1S/C44H24N2O/c45-25-26-6-20-40-38(23-26)39-24-32(15-21-41(39)47-40)34-17-12-30-13-18-36-33(16-11-29-14-19-37(34)43(30)42(29)36)27-7-9-28(10-8-27)35-5-1-3-31-4-2-22-46-44(31)35/h1-24H. The third-order valence-electron chi connectivity index (χ3n) is 9.71. The third kappa shape index (κ3) is 3.83. The Kier molecular flexibility index (Phi) is 5.35. The Hall–Kier alpha value is -6.50. The summed E-state index contributed by atoms with van der Waals surface area (Å²) in [5.41, 5.74) is 10.3. The maximum atomic E-state index is 9.50. The fourth-order valence-corrected chi connectivity index (χ4v) is 7.49. The molecule has 0 aliphatic rings. The Morgan fingerprint density at radius 2 is 1.06 bits per heavy atom. The first-order valence-electron chi connectivity index (χ1n) is 15.8. The number of fused-ring (bicyclic) bond motifs is 4. The summed E-state index contributed by atoms with van der Waals surface area (Å²) < 4.78 is 6.12. The quantitative estimate of drug-likeness (QED) is 0.191. The highest BCUT2D eigenvalue weighted by Crippen LogP contribution is 2.43. The molecule has 0 radical (unpaired) electrons. The minimum atomic E-state index is 0.629. The van der Waals surface area contributed by atoms with Crippen molar-refractivity contribution in [2.24, 2.45) is 0 Å². The molecule has 10 aromatic rings. The van der Waals surface area contributed by atoms with Crippen LogP contribution in [0.5, 0.6) is 0 Å². The second kappa shape index (κ2) is 9.75. The van der Waals surface area contributed by atoms with Crippen molar-refractivity contribution in [1.29, 1.82) is 5.26 Å². The Balaban J connectivity index is 1.14. The smallest absolute Gasteiger partial charge is 0.135 e. The number of hydrogen-bond acceptors (Lipinski definition) is 3. The Morgan fingerprint density at radius 1 is 0.468 bits per heavy atom. The van der Waals surface area contributed by atoms with Gasteiger partial charge in [0.25, 0.3) is 0 Å². The van der Waals surface area contributed by atoms with Crippen molar-refractivity contribution in [3.05, 3.63) is 151 Å². The number of aromatic nitrogens is 1. The van der Waals surface area contributed by atoms with E-state index in [9.17, 15) is 5.26 Å². The molecular weight excluding hydrogens is 572 g/mol. The van der Waals surface area contributed by atoms with E-state index >= 15 is 0 Å². The molecule has 216 valence electrons. The van der Waals surface area contributed by atoms with Crippen molar-refractivity contribution in [1.82, 2.24) is 4.98 Å². The van der Waals surface area contributed by atoms with Crippen LogP contribution in [0.25, 0.3) is 98.5 Å². The number of hydrogen-bond donors (Lipinski definition) is 0. The molecule has 0 aliphatic heterocycles. The molecule has 47 heavy (non-hydrogen) atoms. The van der Waals surface area contributed by atoms with Gasteiger partial charge in [0.1, 0.15) is 11.2 Å². The zero-order chi connectivity index (χ0) is 31.1. The van der Waals surface area contributed by atoms with Crippen LogP contribution in [-0.2, 0) is 0 Å². The number of pyridine rings is 1. The van der Waals surface area contributed by atoms with E-state index in [-0.39, 0.29) is 0 Å². The molecule has 0 saturated heterocycles. The number of nitriles is 1. The molecule has 2 heterocycles. The third-order valence-corrected chi connectivity index (χ3v) is 9.71. The average Bonchev–Trinajstić information content (AvgIpc) is 3.50. The normalized spacial score (nSPS) is 11.8. The first kappa shape index (κ1) is 25.8. The molecule has 0 N–H and O–H groups in total. The van der Waals surface area contributed by atoms with Crippen LogP contribution in [0.1, 0.15) is 5.56 Å². The number of nitrogens with zero attached hydrogens (tertiary/aromatic N) is 2. The van der Waals surface area contributed by atoms with E-state index in [1.165, 1.54) is 49.0 Å². The summed E-state index contributed by atoms with van der Waals surface area (Å²) in [6.45, 7) is 0. The van der Waals surface area contributed by atoms with Gasteiger partial charge in [0.05, 0.1) is 17.1 Å². The summed E-state index contributed by atoms with van der Waals surface area (Å²) in [4.78, 5) is 4.67. The molecule has 0 spiro atoms. The monoisotopic (exact) mass is 596 g/mol. The molecule has 0 fully saturated rings. The minimum absolute atomic E-state index is 0.629. The van der Waals surface area contributed by atoms with E-state index in [4.69, 9.17) is 4.42 Å². The van der Waals surface area contributed by atoms with Gasteiger partial charge >= 0.3 is 0 Å². The largest absolute Gasteiger partial charge is 0.456 e. The number of para-hydroxylation sites is 1. The van der Waals surface area contributed by atoms with E-state index in [0.717, 1.165) is 49.5 Å². The second-order valence-corrected chi connectivity index (χ2v) is 12.2. The van der Waals surface area contributed by atoms with Crippen molar-refractivity contribution >= 4 is 65.2 Å². The zero-order valence-electron chi connectivity index (χ0n) is 25.2. The van der Waals surface area contributed by atoms with Crippen LogP contribution in [0, 0.1) is 11.3 Å². The van der Waals surface area contributed by atoms with Gasteiger partial charge in [0, 0.05) is 27.9 Å². The van der Waals surface area contributed by atoms with Crippen LogP contribution < -0.4 is 0 Å². The molecule has 3 heteroatoms. The van der Waals surface area contributed by atoms with Gasteiger partial charge in [-0.05, 0) is 96.5 Å². The summed E-state index contributed by atoms with van der Waals surface area (Å²) in [5.74, 6) is 0. The SMILES string of the molecule is N#Cc1ccc2oc3ccc(-c4ccc5ccc6c(-c7ccc(-c8cccc9cccnc89)cc7)ccc7ccc4c5c76)cc3c2c1. The molecule has 0 unspecified atom stereocenters. The van der Waals surface area contributed by atoms with E-state index in [2.05, 4.69) is 120 Å². The minimum Gasteiger partial charge on any atom is -0.456 e. The van der Waals surface area contributed by atoms with Crippen LogP contribution in [0.2, 0.25) is 0 Å². The van der Waals surface area contributed by atoms with Crippen molar-refractivity contribution in [3.63, 3.8) is 0 Å². The molecule has 10 rings (SSSR count). The van der Waals surface area contributed by atoms with Crippen LogP contribution in [0.15, 0.2) is 150 Å². The highest BCUT2D eigenvalue weighted by atomic mass is 16.3. The van der Waals surface area contributed by atoms with Crippen LogP contribution in [0.3, 0.4) is 0 Å². The van der Waals surface area contributed by atoms with Gasteiger partial charge in [-0.3, -0.25) is 4.98 Å². The van der Waals surface area contributed by atoms with Crippen LogP contribution >= 0.6 is 0 Å². The summed E-state index contributed by atoms with van der Waals surface area (Å²) >= 11 is 0. The lowest BCUT2D eigenvalue weighted by Crippen LogP contribution is -1.90. The first-order valence-corrected chi connectivity index (χ1v) is 15.8. The molecule has 0 atom stereocenters. The highest BCUT2D eigenvalue weighted by Gasteiger charge is 2.16. The summed E-state index contributed by atoms with van der Waals surface area (Å²) in [5, 5.41) is 20.1. The fourth-order valence-electron chi connectivity index (χ4n) is 7.49. The predicted molar refractivity (Wildman–Crippen MR) is 194 cm³/mol. The number of rotatable bonds is 3. The molecule has 0 bridgehead atoms. The average molecular weight is 597 g/mol. The Morgan fingerprint density at radius 3 is 1.79 bits per heavy atom. The van der Waals surface area contributed by atoms with Gasteiger partial charge in [-0.25, -0.2) is 0 Å². The lowest BCUT2D eigenvalue weighted by Gasteiger charge is -2.17. The maximum absolute atomic E-state index is 9.50. The van der Waals surface area contributed by atoms with Crippen LogP contribution in [-0.4, -0.2) is 4.98 Å². The van der Waals surface area contributed by atoms with E-state index in [0.29, 0.717) is 5.56 Å². The van der Waals surface area contributed by atoms with Gasteiger partial charge in [-0.2, -0.15) is 5.26 Å². The molecule has 3 nitrogen and oxygen atoms in total. The zero-order valence-corrected chi connectivity index (χ0v) is 25.2. The van der Waals surface area contributed by atoms with E-state index in [1.807, 2.05) is 30.5 Å². The van der Waals surface area contributed by atoms with Crippen LogP contribution in [0.4, 0.5) is 0 Å². The van der Waals surface area contributed by atoms with Crippen molar-refractivity contribution in [3.8, 4) is 39.4 Å².